The predicted molar refractivity (Wildman–Crippen MR) is 76.4 cm³/mol. The Kier molecular flexibility index (Phi) is 2.80. The van der Waals surface area contributed by atoms with Crippen LogP contribution in [0.5, 0.6) is 0 Å². The maximum Gasteiger partial charge on any atom is 0.307 e. The van der Waals surface area contributed by atoms with Gasteiger partial charge in [0.05, 0.1) is 17.3 Å². The molecule has 2 bridgehead atoms. The van der Waals surface area contributed by atoms with Crippen LogP contribution >= 0.6 is 0 Å². The molecule has 3 atom stereocenters. The van der Waals surface area contributed by atoms with Gasteiger partial charge in [-0.2, -0.15) is 0 Å². The van der Waals surface area contributed by atoms with Crippen LogP contribution < -0.4 is 0 Å². The lowest BCUT2D eigenvalue weighted by Crippen LogP contribution is -2.63. The molecule has 3 rings (SSSR count). The van der Waals surface area contributed by atoms with Gasteiger partial charge in [0.25, 0.3) is 0 Å². The fourth-order valence-corrected chi connectivity index (χ4v) is 4.46. The molecule has 0 amide bonds. The molecule has 0 aromatic carbocycles. The van der Waals surface area contributed by atoms with E-state index in [-0.39, 0.29) is 29.9 Å². The van der Waals surface area contributed by atoms with Crippen LogP contribution in [-0.2, 0) is 19.1 Å². The number of carbonyl (C=O) groups excluding carboxylic acids is 3. The second kappa shape index (κ2) is 4.05. The van der Waals surface area contributed by atoms with Crippen LogP contribution in [0.4, 0.5) is 0 Å². The van der Waals surface area contributed by atoms with E-state index in [1.54, 1.807) is 0 Å². The monoisotopic (exact) mass is 290 g/mol. The minimum absolute atomic E-state index is 0.000904. The number of Topliss-reactive ketones (excluding diaryl/α,β-unsaturated/α-hetero) is 2. The number of allylic oxidation sites excluding steroid dienone is 1. The summed E-state index contributed by atoms with van der Waals surface area (Å²) in [6.07, 6.45) is 4.55. The van der Waals surface area contributed by atoms with Gasteiger partial charge in [-0.3, -0.25) is 14.4 Å². The van der Waals surface area contributed by atoms with Crippen LogP contribution in [0.1, 0.15) is 47.0 Å². The van der Waals surface area contributed by atoms with Gasteiger partial charge < -0.3 is 4.74 Å². The Hall–Kier alpha value is -1.45. The van der Waals surface area contributed by atoms with E-state index in [1.807, 2.05) is 39.8 Å². The zero-order valence-corrected chi connectivity index (χ0v) is 13.1. The molecule has 0 aromatic rings. The van der Waals surface area contributed by atoms with Crippen molar-refractivity contribution in [1.82, 2.24) is 0 Å². The Morgan fingerprint density at radius 3 is 2.57 bits per heavy atom. The maximum atomic E-state index is 13.3. The molecule has 0 unspecified atom stereocenters. The van der Waals surface area contributed by atoms with Crippen molar-refractivity contribution >= 4 is 17.5 Å². The van der Waals surface area contributed by atoms with Crippen LogP contribution in [0.15, 0.2) is 12.2 Å². The molecule has 1 saturated carbocycles. The lowest BCUT2D eigenvalue weighted by atomic mass is 9.45. The molecule has 1 heterocycles. The van der Waals surface area contributed by atoms with Crippen molar-refractivity contribution < 1.29 is 19.1 Å². The summed E-state index contributed by atoms with van der Waals surface area (Å²) in [5.74, 6) is -0.626. The Balaban J connectivity index is 2.21. The molecule has 1 saturated heterocycles. The molecule has 0 radical (unpaired) electrons. The first-order chi connectivity index (χ1) is 9.67. The van der Waals surface area contributed by atoms with Gasteiger partial charge in [0.2, 0.25) is 0 Å². The standard InChI is InChI=1S/C17H22O4/c1-10(2)13(19)17-6-5-11-16(14(17)20,9-12(18)21-11)8-7-15(17,3)4/h7-8,10-11H,5-6,9H2,1-4H3/t11-,16+,17-/m0/s1. The third-order valence-corrected chi connectivity index (χ3v) is 5.72. The Morgan fingerprint density at radius 1 is 1.29 bits per heavy atom. The zero-order chi connectivity index (χ0) is 15.6. The van der Waals surface area contributed by atoms with Gasteiger partial charge in [-0.15, -0.1) is 0 Å². The summed E-state index contributed by atoms with van der Waals surface area (Å²) in [5.41, 5.74) is -2.44. The molecule has 21 heavy (non-hydrogen) atoms. The highest BCUT2D eigenvalue weighted by Gasteiger charge is 2.70. The van der Waals surface area contributed by atoms with Gasteiger partial charge in [0.15, 0.2) is 5.78 Å². The van der Waals surface area contributed by atoms with E-state index in [0.29, 0.717) is 12.8 Å². The quantitative estimate of drug-likeness (QED) is 0.445. The molecule has 4 nitrogen and oxygen atoms in total. The average Bonchev–Trinajstić information content (AvgIpc) is 2.72. The van der Waals surface area contributed by atoms with Crippen molar-refractivity contribution in [3.05, 3.63) is 12.2 Å². The van der Waals surface area contributed by atoms with Crippen LogP contribution in [0.2, 0.25) is 0 Å². The number of ketones is 2. The van der Waals surface area contributed by atoms with E-state index in [1.165, 1.54) is 0 Å². The lowest BCUT2D eigenvalue weighted by Gasteiger charge is -2.54. The van der Waals surface area contributed by atoms with Crippen molar-refractivity contribution in [2.45, 2.75) is 53.1 Å². The highest BCUT2D eigenvalue weighted by molar-refractivity contribution is 6.14. The van der Waals surface area contributed by atoms with E-state index in [2.05, 4.69) is 0 Å². The molecule has 0 aromatic heterocycles. The van der Waals surface area contributed by atoms with Crippen molar-refractivity contribution in [3.63, 3.8) is 0 Å². The van der Waals surface area contributed by atoms with E-state index in [4.69, 9.17) is 4.74 Å². The Labute approximate surface area is 124 Å². The molecule has 0 N–H and O–H groups in total. The minimum atomic E-state index is -1.01. The Morgan fingerprint density at radius 2 is 1.95 bits per heavy atom. The van der Waals surface area contributed by atoms with Crippen molar-refractivity contribution in [2.75, 3.05) is 0 Å². The van der Waals surface area contributed by atoms with Crippen molar-refractivity contribution in [2.24, 2.45) is 22.2 Å². The molecule has 1 spiro atoms. The highest BCUT2D eigenvalue weighted by atomic mass is 16.6. The van der Waals surface area contributed by atoms with E-state index in [0.717, 1.165) is 0 Å². The smallest absolute Gasteiger partial charge is 0.307 e. The predicted octanol–water partition coefficient (Wildman–Crippen LogP) is 2.46. The first-order valence-electron chi connectivity index (χ1n) is 7.66. The van der Waals surface area contributed by atoms with Crippen molar-refractivity contribution in [3.8, 4) is 0 Å². The molecule has 3 aliphatic rings. The second-order valence-corrected chi connectivity index (χ2v) is 7.54. The molecule has 1 aliphatic heterocycles. The highest BCUT2D eigenvalue weighted by Crippen LogP contribution is 2.61. The fourth-order valence-electron chi connectivity index (χ4n) is 4.46. The van der Waals surface area contributed by atoms with Crippen molar-refractivity contribution in [1.29, 1.82) is 0 Å². The van der Waals surface area contributed by atoms with Crippen LogP contribution in [0, 0.1) is 22.2 Å². The summed E-state index contributed by atoms with van der Waals surface area (Å²) < 4.78 is 5.34. The topological polar surface area (TPSA) is 60.4 Å². The van der Waals surface area contributed by atoms with Gasteiger partial charge in [0, 0.05) is 11.3 Å². The average molecular weight is 290 g/mol. The summed E-state index contributed by atoms with van der Waals surface area (Å²) in [5, 5.41) is 0. The largest absolute Gasteiger partial charge is 0.461 e. The summed E-state index contributed by atoms with van der Waals surface area (Å²) >= 11 is 0. The van der Waals surface area contributed by atoms with Gasteiger partial charge in [0.1, 0.15) is 11.9 Å². The number of fused-ring (bicyclic) bond motifs is 1. The summed E-state index contributed by atoms with van der Waals surface area (Å²) in [7, 11) is 0. The van der Waals surface area contributed by atoms with Crippen LogP contribution in [-0.4, -0.2) is 23.6 Å². The Bertz CT molecular complexity index is 571. The van der Waals surface area contributed by atoms with Gasteiger partial charge in [-0.1, -0.05) is 39.8 Å². The molecular weight excluding hydrogens is 268 g/mol. The van der Waals surface area contributed by atoms with Gasteiger partial charge >= 0.3 is 5.97 Å². The van der Waals surface area contributed by atoms with E-state index in [9.17, 15) is 14.4 Å². The van der Waals surface area contributed by atoms with Gasteiger partial charge in [-0.05, 0) is 12.8 Å². The molecule has 2 fully saturated rings. The lowest BCUT2D eigenvalue weighted by molar-refractivity contribution is -0.165. The van der Waals surface area contributed by atoms with E-state index >= 15 is 0 Å². The normalized spacial score (nSPS) is 40.1. The number of esters is 1. The first-order valence-corrected chi connectivity index (χ1v) is 7.66. The minimum Gasteiger partial charge on any atom is -0.461 e. The van der Waals surface area contributed by atoms with Crippen LogP contribution in [0.25, 0.3) is 0 Å². The number of hydrogen-bond acceptors (Lipinski definition) is 4. The first kappa shape index (κ1) is 14.5. The third kappa shape index (κ3) is 1.53. The number of hydrogen-bond donors (Lipinski definition) is 0. The number of ether oxygens (including phenoxy) is 1. The van der Waals surface area contributed by atoms with E-state index < -0.39 is 22.3 Å². The summed E-state index contributed by atoms with van der Waals surface area (Å²) in [6, 6.07) is 0. The summed E-state index contributed by atoms with van der Waals surface area (Å²) in [4.78, 5) is 38.0. The van der Waals surface area contributed by atoms with Crippen LogP contribution in [0.3, 0.4) is 0 Å². The maximum absolute atomic E-state index is 13.3. The fraction of sp³-hybridized carbons (Fsp3) is 0.706. The SMILES string of the molecule is CC(C)C(=O)[C@]12CC[C@@H]3OC(=O)C[C@@]3(C=CC1(C)C)C2=O. The summed E-state index contributed by atoms with van der Waals surface area (Å²) in [6.45, 7) is 7.58. The third-order valence-electron chi connectivity index (χ3n) is 5.72. The molecule has 4 heteroatoms. The molecular formula is C17H22O4. The zero-order valence-electron chi connectivity index (χ0n) is 13.1. The van der Waals surface area contributed by atoms with Gasteiger partial charge in [-0.25, -0.2) is 0 Å². The second-order valence-electron chi connectivity index (χ2n) is 7.54. The molecule has 114 valence electrons. The molecule has 2 aliphatic carbocycles. The number of rotatable bonds is 2. The number of carbonyl (C=O) groups is 3.